The lowest BCUT2D eigenvalue weighted by molar-refractivity contribution is 0.247. The van der Waals surface area contributed by atoms with E-state index in [2.05, 4.69) is 24.5 Å². The summed E-state index contributed by atoms with van der Waals surface area (Å²) in [5, 5.41) is 6.83. The zero-order valence-electron chi connectivity index (χ0n) is 8.50. The Morgan fingerprint density at radius 2 is 1.31 bits per heavy atom. The van der Waals surface area contributed by atoms with Crippen molar-refractivity contribution in [2.24, 2.45) is 0 Å². The van der Waals surface area contributed by atoms with E-state index in [1.165, 1.54) is 0 Å². The molecule has 0 aliphatic heterocycles. The van der Waals surface area contributed by atoms with Crippen molar-refractivity contribution in [3.8, 4) is 0 Å². The van der Waals surface area contributed by atoms with Crippen molar-refractivity contribution in [1.29, 1.82) is 0 Å². The second-order valence-corrected chi connectivity index (χ2v) is 3.78. The summed E-state index contributed by atoms with van der Waals surface area (Å²) in [5.41, 5.74) is 0.0176. The largest absolute Gasteiger partial charge is 0.298 e. The van der Waals surface area contributed by atoms with Crippen molar-refractivity contribution >= 4 is 23.2 Å². The SMILES string of the molecule is CCC(CC)(NCCCl)NCCCl. The standard InChI is InChI=1S/C9H20Cl2N2/c1-3-9(4-2,12-7-5-10)13-8-6-11/h12-13H,3-8H2,1-2H3. The van der Waals surface area contributed by atoms with Crippen molar-refractivity contribution in [2.45, 2.75) is 32.4 Å². The van der Waals surface area contributed by atoms with E-state index in [1.54, 1.807) is 0 Å². The molecule has 4 heteroatoms. The van der Waals surface area contributed by atoms with E-state index >= 15 is 0 Å². The molecule has 0 spiro atoms. The second kappa shape index (κ2) is 7.86. The minimum absolute atomic E-state index is 0.0176. The van der Waals surface area contributed by atoms with Crippen molar-refractivity contribution in [3.05, 3.63) is 0 Å². The number of rotatable bonds is 8. The minimum atomic E-state index is 0.0176. The topological polar surface area (TPSA) is 24.1 Å². The van der Waals surface area contributed by atoms with Gasteiger partial charge >= 0.3 is 0 Å². The lowest BCUT2D eigenvalue weighted by atomic mass is 10.0. The molecule has 0 atom stereocenters. The van der Waals surface area contributed by atoms with E-state index in [4.69, 9.17) is 23.2 Å². The highest BCUT2D eigenvalue weighted by atomic mass is 35.5. The van der Waals surface area contributed by atoms with Gasteiger partial charge in [-0.2, -0.15) is 0 Å². The molecule has 0 heterocycles. The molecule has 0 bridgehead atoms. The van der Waals surface area contributed by atoms with Gasteiger partial charge in [-0.3, -0.25) is 10.6 Å². The summed E-state index contributed by atoms with van der Waals surface area (Å²) in [4.78, 5) is 0. The molecule has 0 aromatic rings. The first-order valence-electron chi connectivity index (χ1n) is 4.86. The van der Waals surface area contributed by atoms with Gasteiger partial charge in [0.05, 0.1) is 5.66 Å². The van der Waals surface area contributed by atoms with Gasteiger partial charge in [0.2, 0.25) is 0 Å². The van der Waals surface area contributed by atoms with E-state index < -0.39 is 0 Å². The molecule has 80 valence electrons. The number of nitrogens with one attached hydrogen (secondary N) is 2. The van der Waals surface area contributed by atoms with E-state index in [9.17, 15) is 0 Å². The molecule has 0 rings (SSSR count). The molecule has 2 N–H and O–H groups in total. The lowest BCUT2D eigenvalue weighted by Gasteiger charge is -2.34. The van der Waals surface area contributed by atoms with Crippen molar-refractivity contribution in [1.82, 2.24) is 10.6 Å². The average molecular weight is 227 g/mol. The van der Waals surface area contributed by atoms with Crippen molar-refractivity contribution in [2.75, 3.05) is 24.8 Å². The highest BCUT2D eigenvalue weighted by Gasteiger charge is 2.23. The van der Waals surface area contributed by atoms with E-state index in [1.807, 2.05) is 0 Å². The van der Waals surface area contributed by atoms with Gasteiger partial charge in [0.1, 0.15) is 0 Å². The Balaban J connectivity index is 3.97. The molecule has 0 radical (unpaired) electrons. The predicted octanol–water partition coefficient (Wildman–Crippen LogP) is 2.16. The molecule has 0 aromatic carbocycles. The van der Waals surface area contributed by atoms with Gasteiger partial charge in [-0.25, -0.2) is 0 Å². The van der Waals surface area contributed by atoms with Gasteiger partial charge in [-0.1, -0.05) is 13.8 Å². The molecule has 0 unspecified atom stereocenters. The maximum Gasteiger partial charge on any atom is 0.0682 e. The van der Waals surface area contributed by atoms with Crippen LogP contribution in [0, 0.1) is 0 Å². The summed E-state index contributed by atoms with van der Waals surface area (Å²) >= 11 is 11.3. The summed E-state index contributed by atoms with van der Waals surface area (Å²) in [5.74, 6) is 1.29. The molecule has 2 nitrogen and oxygen atoms in total. The Hall–Kier alpha value is 0.500. The monoisotopic (exact) mass is 226 g/mol. The zero-order valence-corrected chi connectivity index (χ0v) is 10.0. The summed E-state index contributed by atoms with van der Waals surface area (Å²) in [6.07, 6.45) is 2.08. The smallest absolute Gasteiger partial charge is 0.0682 e. The van der Waals surface area contributed by atoms with Crippen LogP contribution in [0.1, 0.15) is 26.7 Å². The molecule has 0 saturated carbocycles. The highest BCUT2D eigenvalue weighted by Crippen LogP contribution is 2.10. The van der Waals surface area contributed by atoms with Gasteiger partial charge in [0.25, 0.3) is 0 Å². The van der Waals surface area contributed by atoms with Crippen LogP contribution < -0.4 is 10.6 Å². The summed E-state index contributed by atoms with van der Waals surface area (Å²) in [6.45, 7) is 5.98. The van der Waals surface area contributed by atoms with Crippen LogP contribution in [0.15, 0.2) is 0 Å². The third kappa shape index (κ3) is 5.06. The quantitative estimate of drug-likeness (QED) is 0.490. The van der Waals surface area contributed by atoms with Gasteiger partial charge < -0.3 is 0 Å². The van der Waals surface area contributed by atoms with Crippen LogP contribution in [-0.4, -0.2) is 30.5 Å². The summed E-state index contributed by atoms with van der Waals surface area (Å²) in [7, 11) is 0. The maximum absolute atomic E-state index is 5.64. The zero-order chi connectivity index (χ0) is 10.2. The molecule has 0 fully saturated rings. The van der Waals surface area contributed by atoms with Crippen molar-refractivity contribution in [3.63, 3.8) is 0 Å². The molecule has 0 aromatic heterocycles. The van der Waals surface area contributed by atoms with Crippen LogP contribution in [0.2, 0.25) is 0 Å². The number of hydrogen-bond acceptors (Lipinski definition) is 2. The Bertz CT molecular complexity index is 106. The van der Waals surface area contributed by atoms with E-state index in [0.29, 0.717) is 11.8 Å². The van der Waals surface area contributed by atoms with Crippen LogP contribution >= 0.6 is 23.2 Å². The minimum Gasteiger partial charge on any atom is -0.298 e. The van der Waals surface area contributed by atoms with Crippen LogP contribution in [0.25, 0.3) is 0 Å². The maximum atomic E-state index is 5.64. The third-order valence-electron chi connectivity index (χ3n) is 2.32. The van der Waals surface area contributed by atoms with Crippen LogP contribution in [-0.2, 0) is 0 Å². The van der Waals surface area contributed by atoms with Gasteiger partial charge in [0.15, 0.2) is 0 Å². The van der Waals surface area contributed by atoms with Gasteiger partial charge in [-0.05, 0) is 12.8 Å². The molecule has 0 aliphatic carbocycles. The van der Waals surface area contributed by atoms with Crippen LogP contribution in [0.3, 0.4) is 0 Å². The predicted molar refractivity (Wildman–Crippen MR) is 60.8 cm³/mol. The fraction of sp³-hybridized carbons (Fsp3) is 1.00. The first-order valence-corrected chi connectivity index (χ1v) is 5.93. The van der Waals surface area contributed by atoms with Gasteiger partial charge in [0, 0.05) is 24.8 Å². The number of alkyl halides is 2. The highest BCUT2D eigenvalue weighted by molar-refractivity contribution is 6.18. The number of hydrogen-bond donors (Lipinski definition) is 2. The molecule has 0 amide bonds. The second-order valence-electron chi connectivity index (χ2n) is 3.02. The summed E-state index contributed by atoms with van der Waals surface area (Å²) in [6, 6.07) is 0. The van der Waals surface area contributed by atoms with Crippen LogP contribution in [0.5, 0.6) is 0 Å². The van der Waals surface area contributed by atoms with E-state index in [0.717, 1.165) is 25.9 Å². The van der Waals surface area contributed by atoms with Crippen molar-refractivity contribution < 1.29 is 0 Å². The first-order chi connectivity index (χ1) is 6.24. The molecule has 0 aliphatic rings. The molecule has 13 heavy (non-hydrogen) atoms. The molecular formula is C9H20Cl2N2. The fourth-order valence-corrected chi connectivity index (χ4v) is 1.57. The van der Waals surface area contributed by atoms with Crippen LogP contribution in [0.4, 0.5) is 0 Å². The normalized spacial score (nSPS) is 12.0. The lowest BCUT2D eigenvalue weighted by Crippen LogP contribution is -2.57. The average Bonchev–Trinajstić information content (AvgIpc) is 2.20. The third-order valence-corrected chi connectivity index (χ3v) is 2.70. The first kappa shape index (κ1) is 13.5. The Kier molecular flexibility index (Phi) is 8.17. The van der Waals surface area contributed by atoms with E-state index in [-0.39, 0.29) is 5.66 Å². The summed E-state index contributed by atoms with van der Waals surface area (Å²) < 4.78 is 0. The fourth-order valence-electron chi connectivity index (χ4n) is 1.39. The number of halogens is 2. The Morgan fingerprint density at radius 1 is 0.923 bits per heavy atom. The molecular weight excluding hydrogens is 207 g/mol. The van der Waals surface area contributed by atoms with Gasteiger partial charge in [-0.15, -0.1) is 23.2 Å². The Morgan fingerprint density at radius 3 is 1.54 bits per heavy atom. The Labute approximate surface area is 91.4 Å². The molecule has 0 saturated heterocycles.